The minimum Gasteiger partial charge on any atom is -0.321 e. The highest BCUT2D eigenvalue weighted by molar-refractivity contribution is 9.10. The van der Waals surface area contributed by atoms with Gasteiger partial charge in [0.15, 0.2) is 0 Å². The summed E-state index contributed by atoms with van der Waals surface area (Å²) in [7, 11) is 0. The Morgan fingerprint density at radius 1 is 0.742 bits per heavy atom. The molecule has 2 N–H and O–H groups in total. The predicted octanol–water partition coefficient (Wildman–Crippen LogP) is 6.01. The highest BCUT2D eigenvalue weighted by Crippen LogP contribution is 2.20. The number of carbonyl (C=O) groups is 2. The lowest BCUT2D eigenvalue weighted by Gasteiger charge is -2.12. The third kappa shape index (κ3) is 5.27. The van der Waals surface area contributed by atoms with Gasteiger partial charge in [0.2, 0.25) is 0 Å². The van der Waals surface area contributed by atoms with Crippen LogP contribution in [-0.4, -0.2) is 11.8 Å². The molecular weight excluding hydrogens is 452 g/mol. The van der Waals surface area contributed by atoms with E-state index in [9.17, 15) is 9.59 Å². The third-order valence-corrected chi connectivity index (χ3v) is 5.25. The van der Waals surface area contributed by atoms with Crippen molar-refractivity contribution in [1.82, 2.24) is 5.32 Å². The van der Waals surface area contributed by atoms with E-state index in [1.807, 2.05) is 72.8 Å². The third-order valence-electron chi connectivity index (χ3n) is 4.72. The lowest BCUT2D eigenvalue weighted by atomic mass is 10.1. The summed E-state index contributed by atoms with van der Waals surface area (Å²) in [6, 6.07) is 29.9. The molecule has 4 aromatic rings. The van der Waals surface area contributed by atoms with Crippen molar-refractivity contribution >= 4 is 50.3 Å². The van der Waals surface area contributed by atoms with Crippen LogP contribution in [0.25, 0.3) is 16.8 Å². The number of nitrogens with one attached hydrogen (secondary N) is 2. The summed E-state index contributed by atoms with van der Waals surface area (Å²) in [5.41, 5.74) is 2.08. The van der Waals surface area contributed by atoms with E-state index in [4.69, 9.17) is 0 Å². The topological polar surface area (TPSA) is 58.2 Å². The molecule has 31 heavy (non-hydrogen) atoms. The quantitative estimate of drug-likeness (QED) is 0.350. The van der Waals surface area contributed by atoms with E-state index in [2.05, 4.69) is 26.6 Å². The number of anilines is 1. The van der Waals surface area contributed by atoms with Crippen molar-refractivity contribution in [2.24, 2.45) is 0 Å². The van der Waals surface area contributed by atoms with E-state index >= 15 is 0 Å². The Balaban J connectivity index is 1.62. The van der Waals surface area contributed by atoms with E-state index in [-0.39, 0.29) is 11.6 Å². The zero-order chi connectivity index (χ0) is 21.6. The minimum absolute atomic E-state index is 0.157. The lowest BCUT2D eigenvalue weighted by molar-refractivity contribution is -0.113. The first-order valence-corrected chi connectivity index (χ1v) is 10.5. The van der Waals surface area contributed by atoms with Gasteiger partial charge in [-0.2, -0.15) is 0 Å². The van der Waals surface area contributed by atoms with Crippen LogP contribution in [0.5, 0.6) is 0 Å². The molecule has 5 heteroatoms. The smallest absolute Gasteiger partial charge is 0.272 e. The van der Waals surface area contributed by atoms with Gasteiger partial charge in [-0.15, -0.1) is 0 Å². The number of hydrogen-bond acceptors (Lipinski definition) is 2. The van der Waals surface area contributed by atoms with Gasteiger partial charge in [0.05, 0.1) is 0 Å². The van der Waals surface area contributed by atoms with Crippen LogP contribution in [0.15, 0.2) is 107 Å². The highest BCUT2D eigenvalue weighted by Gasteiger charge is 2.15. The molecule has 0 saturated heterocycles. The lowest BCUT2D eigenvalue weighted by Crippen LogP contribution is -2.30. The predicted molar refractivity (Wildman–Crippen MR) is 129 cm³/mol. The van der Waals surface area contributed by atoms with E-state index in [0.717, 1.165) is 20.8 Å². The van der Waals surface area contributed by atoms with Gasteiger partial charge >= 0.3 is 0 Å². The molecule has 4 aromatic carbocycles. The maximum Gasteiger partial charge on any atom is 0.272 e. The monoisotopic (exact) mass is 470 g/mol. The summed E-state index contributed by atoms with van der Waals surface area (Å²) in [5, 5.41) is 7.75. The SMILES string of the molecule is O=C(Nc1ccc2ccccc2c1)/C(=C\c1ccc(Br)cc1)NC(=O)c1ccccc1. The average Bonchev–Trinajstić information content (AvgIpc) is 2.80. The molecule has 152 valence electrons. The van der Waals surface area contributed by atoms with Gasteiger partial charge in [0, 0.05) is 15.7 Å². The number of hydrogen-bond donors (Lipinski definition) is 2. The summed E-state index contributed by atoms with van der Waals surface area (Å²) >= 11 is 3.41. The second kappa shape index (κ2) is 9.41. The Kier molecular flexibility index (Phi) is 6.24. The van der Waals surface area contributed by atoms with E-state index in [1.165, 1.54) is 0 Å². The fourth-order valence-corrected chi connectivity index (χ4v) is 3.40. The van der Waals surface area contributed by atoms with E-state index < -0.39 is 5.91 Å². The number of amides is 2. The number of benzene rings is 4. The number of carbonyl (C=O) groups excluding carboxylic acids is 2. The molecule has 4 nitrogen and oxygen atoms in total. The van der Waals surface area contributed by atoms with Gasteiger partial charge in [0.1, 0.15) is 5.70 Å². The van der Waals surface area contributed by atoms with Gasteiger partial charge in [0.25, 0.3) is 11.8 Å². The fourth-order valence-electron chi connectivity index (χ4n) is 3.13. The number of halogens is 1. The van der Waals surface area contributed by atoms with Gasteiger partial charge in [-0.25, -0.2) is 0 Å². The second-order valence-electron chi connectivity index (χ2n) is 6.95. The van der Waals surface area contributed by atoms with Crippen molar-refractivity contribution in [3.8, 4) is 0 Å². The Morgan fingerprint density at radius 3 is 2.16 bits per heavy atom. The zero-order valence-corrected chi connectivity index (χ0v) is 18.1. The molecule has 0 aromatic heterocycles. The Labute approximate surface area is 188 Å². The molecule has 0 fully saturated rings. The molecule has 0 saturated carbocycles. The summed E-state index contributed by atoms with van der Waals surface area (Å²) in [6.07, 6.45) is 1.66. The maximum absolute atomic E-state index is 13.1. The van der Waals surface area contributed by atoms with Gasteiger partial charge in [-0.3, -0.25) is 9.59 Å². The zero-order valence-electron chi connectivity index (χ0n) is 16.5. The van der Waals surface area contributed by atoms with Crippen LogP contribution in [0.4, 0.5) is 5.69 Å². The van der Waals surface area contributed by atoms with Crippen molar-refractivity contribution < 1.29 is 9.59 Å². The molecule has 2 amide bonds. The summed E-state index contributed by atoms with van der Waals surface area (Å²) < 4.78 is 0.931. The van der Waals surface area contributed by atoms with Crippen LogP contribution in [0, 0.1) is 0 Å². The molecule has 0 heterocycles. The summed E-state index contributed by atoms with van der Waals surface area (Å²) in [6.45, 7) is 0. The van der Waals surface area contributed by atoms with E-state index in [0.29, 0.717) is 11.3 Å². The van der Waals surface area contributed by atoms with Crippen LogP contribution in [0.1, 0.15) is 15.9 Å². The molecule has 0 aliphatic rings. The maximum atomic E-state index is 13.1. The van der Waals surface area contributed by atoms with Crippen LogP contribution in [0.2, 0.25) is 0 Å². The first kappa shape index (κ1) is 20.6. The van der Waals surface area contributed by atoms with Crippen LogP contribution >= 0.6 is 15.9 Å². The summed E-state index contributed by atoms with van der Waals surface area (Å²) in [5.74, 6) is -0.750. The van der Waals surface area contributed by atoms with Crippen LogP contribution in [-0.2, 0) is 4.79 Å². The van der Waals surface area contributed by atoms with Gasteiger partial charge < -0.3 is 10.6 Å². The van der Waals surface area contributed by atoms with Crippen molar-refractivity contribution in [3.05, 3.63) is 118 Å². The Morgan fingerprint density at radius 2 is 1.42 bits per heavy atom. The van der Waals surface area contributed by atoms with Crippen LogP contribution < -0.4 is 10.6 Å². The molecule has 0 bridgehead atoms. The molecular formula is C26H19BrN2O2. The number of fused-ring (bicyclic) bond motifs is 1. The first-order chi connectivity index (χ1) is 15.1. The highest BCUT2D eigenvalue weighted by atomic mass is 79.9. The Hall–Kier alpha value is -3.70. The fraction of sp³-hybridized carbons (Fsp3) is 0. The summed E-state index contributed by atoms with van der Waals surface area (Å²) in [4.78, 5) is 25.8. The van der Waals surface area contributed by atoms with Crippen molar-refractivity contribution in [2.45, 2.75) is 0 Å². The Bertz CT molecular complexity index is 1270. The molecule has 0 aliphatic carbocycles. The largest absolute Gasteiger partial charge is 0.321 e. The van der Waals surface area contributed by atoms with Gasteiger partial charge in [-0.1, -0.05) is 76.6 Å². The molecule has 0 radical (unpaired) electrons. The van der Waals surface area contributed by atoms with Crippen molar-refractivity contribution in [3.63, 3.8) is 0 Å². The molecule has 0 atom stereocenters. The van der Waals surface area contributed by atoms with Crippen LogP contribution in [0.3, 0.4) is 0 Å². The van der Waals surface area contributed by atoms with Crippen molar-refractivity contribution in [2.75, 3.05) is 5.32 Å². The standard InChI is InChI=1S/C26H19BrN2O2/c27-22-13-10-18(11-14-22)16-24(29-25(30)20-7-2-1-3-8-20)26(31)28-23-15-12-19-6-4-5-9-21(19)17-23/h1-17H,(H,28,31)(H,29,30)/b24-16+. The molecule has 0 aliphatic heterocycles. The molecule has 0 unspecified atom stereocenters. The first-order valence-electron chi connectivity index (χ1n) is 9.72. The average molecular weight is 471 g/mol. The second-order valence-corrected chi connectivity index (χ2v) is 7.86. The van der Waals surface area contributed by atoms with Crippen molar-refractivity contribution in [1.29, 1.82) is 0 Å². The molecule has 4 rings (SSSR count). The number of rotatable bonds is 5. The van der Waals surface area contributed by atoms with E-state index in [1.54, 1.807) is 30.3 Å². The molecule has 0 spiro atoms. The normalized spacial score (nSPS) is 11.2. The van der Waals surface area contributed by atoms with Gasteiger partial charge in [-0.05, 0) is 58.8 Å². The minimum atomic E-state index is -0.400.